The van der Waals surface area contributed by atoms with E-state index in [1.165, 1.54) is 7.11 Å². The topological polar surface area (TPSA) is 44.2 Å². The van der Waals surface area contributed by atoms with Crippen molar-refractivity contribution in [3.8, 4) is 11.8 Å². The largest absolute Gasteiger partial charge is 0.480 e. The maximum atomic E-state index is 5.11. The Morgan fingerprint density at radius 2 is 2.08 bits per heavy atom. The van der Waals surface area contributed by atoms with Crippen LogP contribution in [0.1, 0.15) is 0 Å². The van der Waals surface area contributed by atoms with Crippen molar-refractivity contribution in [2.24, 2.45) is 0 Å². The molecule has 12 heavy (non-hydrogen) atoms. The van der Waals surface area contributed by atoms with Gasteiger partial charge in [-0.3, -0.25) is 0 Å². The lowest BCUT2D eigenvalue weighted by Crippen LogP contribution is -1.97. The molecule has 0 unspecified atom stereocenters. The second-order valence-corrected chi connectivity index (χ2v) is 2.01. The predicted octanol–water partition coefficient (Wildman–Crippen LogP) is 1.05. The fourth-order valence-electron chi connectivity index (χ4n) is 0.638. The number of aromatic nitrogens is 2. The molecule has 1 rings (SSSR count). The molecule has 0 aromatic carbocycles. The molecule has 4 nitrogen and oxygen atoms in total. The van der Waals surface area contributed by atoms with Crippen LogP contribution in [0, 0.1) is 0 Å². The van der Waals surface area contributed by atoms with E-state index in [9.17, 15) is 0 Å². The molecule has 0 amide bonds. The van der Waals surface area contributed by atoms with Crippen LogP contribution in [0.15, 0.2) is 24.8 Å². The van der Waals surface area contributed by atoms with E-state index < -0.39 is 0 Å². The third-order valence-corrected chi connectivity index (χ3v) is 1.17. The first kappa shape index (κ1) is 8.52. The fourth-order valence-corrected chi connectivity index (χ4v) is 0.638. The molecule has 1 aromatic heterocycles. The summed E-state index contributed by atoms with van der Waals surface area (Å²) in [5.41, 5.74) is 0. The van der Waals surface area contributed by atoms with Crippen molar-refractivity contribution >= 4 is 0 Å². The molecule has 0 saturated heterocycles. The average Bonchev–Trinajstić information content (AvgIpc) is 2.15. The van der Waals surface area contributed by atoms with Crippen LogP contribution in [-0.2, 0) is 0 Å². The first-order chi connectivity index (χ1) is 5.86. The van der Waals surface area contributed by atoms with Crippen molar-refractivity contribution in [1.82, 2.24) is 10.2 Å². The minimum Gasteiger partial charge on any atom is -0.480 e. The van der Waals surface area contributed by atoms with E-state index >= 15 is 0 Å². The molecule has 4 heteroatoms. The first-order valence-corrected chi connectivity index (χ1v) is 3.48. The summed E-state index contributed by atoms with van der Waals surface area (Å²) >= 11 is 0. The zero-order valence-corrected chi connectivity index (χ0v) is 6.86. The van der Waals surface area contributed by atoms with Crippen molar-refractivity contribution < 1.29 is 9.47 Å². The number of hydrogen-bond donors (Lipinski definition) is 0. The Morgan fingerprint density at radius 3 is 2.58 bits per heavy atom. The van der Waals surface area contributed by atoms with Crippen LogP contribution < -0.4 is 9.47 Å². The van der Waals surface area contributed by atoms with E-state index in [0.717, 1.165) is 0 Å². The van der Waals surface area contributed by atoms with Gasteiger partial charge in [0, 0.05) is 12.1 Å². The summed E-state index contributed by atoms with van der Waals surface area (Å²) in [7, 11) is 1.54. The van der Waals surface area contributed by atoms with Gasteiger partial charge >= 0.3 is 0 Å². The highest BCUT2D eigenvalue weighted by Crippen LogP contribution is 2.08. The predicted molar refractivity (Wildman–Crippen MR) is 44.3 cm³/mol. The first-order valence-electron chi connectivity index (χ1n) is 3.48. The van der Waals surface area contributed by atoms with Gasteiger partial charge in [0.1, 0.15) is 6.61 Å². The van der Waals surface area contributed by atoms with Crippen molar-refractivity contribution in [3.63, 3.8) is 0 Å². The molecule has 0 aliphatic carbocycles. The second kappa shape index (κ2) is 4.33. The fraction of sp³-hybridized carbons (Fsp3) is 0.250. The Balaban J connectivity index is 2.58. The molecule has 0 aliphatic heterocycles. The summed E-state index contributed by atoms with van der Waals surface area (Å²) in [4.78, 5) is 0. The molecule has 0 radical (unpaired) electrons. The number of ether oxygens (including phenoxy) is 2. The maximum absolute atomic E-state index is 5.11. The van der Waals surface area contributed by atoms with Crippen molar-refractivity contribution in [3.05, 3.63) is 24.8 Å². The average molecular weight is 166 g/mol. The van der Waals surface area contributed by atoms with Crippen molar-refractivity contribution in [1.29, 1.82) is 0 Å². The third-order valence-electron chi connectivity index (χ3n) is 1.17. The smallest absolute Gasteiger partial charge is 0.233 e. The van der Waals surface area contributed by atoms with E-state index in [2.05, 4.69) is 16.8 Å². The van der Waals surface area contributed by atoms with Crippen LogP contribution >= 0.6 is 0 Å². The molecule has 0 spiro atoms. The zero-order chi connectivity index (χ0) is 8.81. The molecule has 0 N–H and O–H groups in total. The van der Waals surface area contributed by atoms with Gasteiger partial charge in [-0.05, 0) is 0 Å². The quantitative estimate of drug-likeness (QED) is 0.627. The molecule has 1 heterocycles. The van der Waals surface area contributed by atoms with E-state index in [1.807, 2.05) is 0 Å². The van der Waals surface area contributed by atoms with Crippen LogP contribution in [0.4, 0.5) is 0 Å². The van der Waals surface area contributed by atoms with Gasteiger partial charge in [-0.15, -0.1) is 10.2 Å². The highest BCUT2D eigenvalue weighted by atomic mass is 16.5. The van der Waals surface area contributed by atoms with Gasteiger partial charge in [0.15, 0.2) is 0 Å². The summed E-state index contributed by atoms with van der Waals surface area (Å²) in [6, 6.07) is 3.38. The molecule has 0 aliphatic rings. The zero-order valence-electron chi connectivity index (χ0n) is 6.86. The standard InChI is InChI=1S/C8H10N2O2/c1-3-6-12-8-5-4-7(11-2)9-10-8/h3-5H,1,6H2,2H3. The molecule has 0 bridgehead atoms. The molecular formula is C8H10N2O2. The Morgan fingerprint density at radius 1 is 1.42 bits per heavy atom. The number of methoxy groups -OCH3 is 1. The lowest BCUT2D eigenvalue weighted by molar-refractivity contribution is 0.335. The van der Waals surface area contributed by atoms with Crippen LogP contribution in [0.3, 0.4) is 0 Å². The molecule has 64 valence electrons. The van der Waals surface area contributed by atoms with Gasteiger partial charge in [0.25, 0.3) is 0 Å². The lowest BCUT2D eigenvalue weighted by Gasteiger charge is -2.00. The minimum absolute atomic E-state index is 0.432. The summed E-state index contributed by atoms with van der Waals surface area (Å²) in [6.45, 7) is 3.94. The summed E-state index contributed by atoms with van der Waals surface area (Å²) in [5.74, 6) is 0.941. The van der Waals surface area contributed by atoms with Crippen molar-refractivity contribution in [2.45, 2.75) is 0 Å². The van der Waals surface area contributed by atoms with Crippen molar-refractivity contribution in [2.75, 3.05) is 13.7 Å². The van der Waals surface area contributed by atoms with Gasteiger partial charge in [-0.25, -0.2) is 0 Å². The maximum Gasteiger partial charge on any atom is 0.233 e. The summed E-state index contributed by atoms with van der Waals surface area (Å²) in [6.07, 6.45) is 1.64. The van der Waals surface area contributed by atoms with Crippen LogP contribution in [-0.4, -0.2) is 23.9 Å². The summed E-state index contributed by atoms with van der Waals surface area (Å²) < 4.78 is 9.93. The van der Waals surface area contributed by atoms with Gasteiger partial charge in [0.2, 0.25) is 11.8 Å². The normalized spacial score (nSPS) is 9.08. The second-order valence-electron chi connectivity index (χ2n) is 2.01. The Hall–Kier alpha value is -1.58. The van der Waals surface area contributed by atoms with Crippen LogP contribution in [0.5, 0.6) is 11.8 Å². The van der Waals surface area contributed by atoms with E-state index in [0.29, 0.717) is 18.4 Å². The third kappa shape index (κ3) is 2.23. The lowest BCUT2D eigenvalue weighted by atomic mass is 10.5. The van der Waals surface area contributed by atoms with E-state index in [-0.39, 0.29) is 0 Å². The molecule has 0 fully saturated rings. The van der Waals surface area contributed by atoms with Crippen LogP contribution in [0.2, 0.25) is 0 Å². The molecule has 0 atom stereocenters. The highest BCUT2D eigenvalue weighted by molar-refractivity contribution is 5.15. The Bertz CT molecular complexity index is 246. The summed E-state index contributed by atoms with van der Waals surface area (Å²) in [5, 5.41) is 7.46. The van der Waals surface area contributed by atoms with Crippen LogP contribution in [0.25, 0.3) is 0 Å². The minimum atomic E-state index is 0.432. The number of nitrogens with zero attached hydrogens (tertiary/aromatic N) is 2. The molecule has 0 saturated carbocycles. The van der Waals surface area contributed by atoms with Gasteiger partial charge in [-0.1, -0.05) is 12.7 Å². The number of hydrogen-bond acceptors (Lipinski definition) is 4. The van der Waals surface area contributed by atoms with Gasteiger partial charge in [-0.2, -0.15) is 0 Å². The van der Waals surface area contributed by atoms with E-state index in [1.54, 1.807) is 18.2 Å². The van der Waals surface area contributed by atoms with E-state index in [4.69, 9.17) is 9.47 Å². The Labute approximate surface area is 70.8 Å². The SMILES string of the molecule is C=CCOc1ccc(OC)nn1. The monoisotopic (exact) mass is 166 g/mol. The highest BCUT2D eigenvalue weighted by Gasteiger charge is 1.95. The van der Waals surface area contributed by atoms with Gasteiger partial charge in [0.05, 0.1) is 7.11 Å². The molecule has 1 aromatic rings. The Kier molecular flexibility index (Phi) is 3.07. The molecular weight excluding hydrogens is 156 g/mol. The number of rotatable bonds is 4. The van der Waals surface area contributed by atoms with Gasteiger partial charge < -0.3 is 9.47 Å².